The Bertz CT molecular complexity index is 324. The summed E-state index contributed by atoms with van der Waals surface area (Å²) in [4.78, 5) is 4.14. The molecule has 0 bridgehead atoms. The van der Waals surface area contributed by atoms with Crippen LogP contribution in [0.4, 0.5) is 0 Å². The van der Waals surface area contributed by atoms with E-state index in [2.05, 4.69) is 23.3 Å². The molecule has 82 valence electrons. The van der Waals surface area contributed by atoms with Crippen molar-refractivity contribution >= 4 is 0 Å². The summed E-state index contributed by atoms with van der Waals surface area (Å²) in [5, 5.41) is 3.55. The summed E-state index contributed by atoms with van der Waals surface area (Å²) in [7, 11) is 0. The molecule has 1 heterocycles. The van der Waals surface area contributed by atoms with Crippen LogP contribution >= 0.6 is 0 Å². The van der Waals surface area contributed by atoms with E-state index in [0.29, 0.717) is 12.1 Å². The molecule has 2 atom stereocenters. The third kappa shape index (κ3) is 2.76. The average molecular weight is 205 g/mol. The second-order valence-corrected chi connectivity index (χ2v) is 4.45. The van der Waals surface area contributed by atoms with Crippen molar-refractivity contribution in [3.8, 4) is 0 Å². The molecule has 0 spiro atoms. The zero-order valence-electron chi connectivity index (χ0n) is 9.24. The average Bonchev–Trinajstić information content (AvgIpc) is 2.63. The van der Waals surface area contributed by atoms with Gasteiger partial charge >= 0.3 is 0 Å². The Labute approximate surface area is 91.1 Å². The number of nitrogens with two attached hydrogens (primary N) is 1. The lowest BCUT2D eigenvalue weighted by atomic mass is 10.1. The van der Waals surface area contributed by atoms with Gasteiger partial charge in [0.15, 0.2) is 0 Å². The summed E-state index contributed by atoms with van der Waals surface area (Å²) in [6, 6.07) is 3.05. The molecule has 2 rings (SSSR count). The molecule has 0 amide bonds. The molecular weight excluding hydrogens is 186 g/mol. The van der Waals surface area contributed by atoms with E-state index in [4.69, 9.17) is 5.73 Å². The number of rotatable bonds is 3. The maximum atomic E-state index is 5.87. The van der Waals surface area contributed by atoms with Gasteiger partial charge in [0.25, 0.3) is 0 Å². The van der Waals surface area contributed by atoms with E-state index in [9.17, 15) is 0 Å². The molecule has 15 heavy (non-hydrogen) atoms. The number of aromatic nitrogens is 1. The normalized spacial score (nSPS) is 25.7. The molecule has 0 aliphatic heterocycles. The molecule has 0 saturated heterocycles. The van der Waals surface area contributed by atoms with Crippen molar-refractivity contribution in [1.29, 1.82) is 0 Å². The van der Waals surface area contributed by atoms with Crippen molar-refractivity contribution in [3.63, 3.8) is 0 Å². The lowest BCUT2D eigenvalue weighted by Crippen LogP contribution is -2.28. The maximum absolute atomic E-state index is 5.87. The Kier molecular flexibility index (Phi) is 3.34. The Morgan fingerprint density at radius 3 is 3.07 bits per heavy atom. The van der Waals surface area contributed by atoms with Crippen molar-refractivity contribution in [2.45, 2.75) is 44.8 Å². The van der Waals surface area contributed by atoms with Crippen LogP contribution in [0.25, 0.3) is 0 Å². The second-order valence-electron chi connectivity index (χ2n) is 4.45. The first kappa shape index (κ1) is 10.6. The highest BCUT2D eigenvalue weighted by molar-refractivity contribution is 5.21. The summed E-state index contributed by atoms with van der Waals surface area (Å²) in [6.07, 6.45) is 7.25. The number of hydrogen-bond donors (Lipinski definition) is 2. The van der Waals surface area contributed by atoms with Crippen LogP contribution in [-0.2, 0) is 6.54 Å². The van der Waals surface area contributed by atoms with Crippen molar-refractivity contribution in [1.82, 2.24) is 10.3 Å². The number of aryl methyl sites for hydroxylation is 1. The lowest BCUT2D eigenvalue weighted by molar-refractivity contribution is 0.515. The van der Waals surface area contributed by atoms with Crippen LogP contribution < -0.4 is 11.1 Å². The molecule has 1 saturated carbocycles. The van der Waals surface area contributed by atoms with Gasteiger partial charge in [0.1, 0.15) is 0 Å². The van der Waals surface area contributed by atoms with E-state index in [1.807, 2.05) is 12.4 Å². The minimum Gasteiger partial charge on any atom is -0.328 e. The predicted molar refractivity (Wildman–Crippen MR) is 61.4 cm³/mol. The summed E-state index contributed by atoms with van der Waals surface area (Å²) in [5.41, 5.74) is 8.47. The molecule has 0 aromatic carbocycles. The number of nitrogens with zero attached hydrogens (tertiary/aromatic N) is 1. The lowest BCUT2D eigenvalue weighted by Gasteiger charge is -2.13. The monoisotopic (exact) mass is 205 g/mol. The van der Waals surface area contributed by atoms with Gasteiger partial charge in [-0.25, -0.2) is 0 Å². The molecule has 1 aliphatic rings. The Morgan fingerprint density at radius 1 is 1.53 bits per heavy atom. The summed E-state index contributed by atoms with van der Waals surface area (Å²) >= 11 is 0. The number of nitrogens with one attached hydrogen (secondary N) is 1. The minimum atomic E-state index is 0.400. The van der Waals surface area contributed by atoms with Crippen LogP contribution in [0.1, 0.15) is 30.4 Å². The second kappa shape index (κ2) is 4.73. The van der Waals surface area contributed by atoms with Crippen molar-refractivity contribution in [2.24, 2.45) is 5.73 Å². The molecule has 3 nitrogen and oxygen atoms in total. The quantitative estimate of drug-likeness (QED) is 0.783. The van der Waals surface area contributed by atoms with Gasteiger partial charge < -0.3 is 11.1 Å². The molecule has 1 aliphatic carbocycles. The van der Waals surface area contributed by atoms with Gasteiger partial charge in [-0.3, -0.25) is 4.98 Å². The van der Waals surface area contributed by atoms with Crippen LogP contribution in [0.3, 0.4) is 0 Å². The third-order valence-electron chi connectivity index (χ3n) is 3.20. The molecule has 2 unspecified atom stereocenters. The van der Waals surface area contributed by atoms with E-state index in [1.165, 1.54) is 17.5 Å². The van der Waals surface area contributed by atoms with Crippen LogP contribution in [0.5, 0.6) is 0 Å². The standard InChI is InChI=1S/C12H19N3/c1-9-4-5-14-7-10(9)8-15-12-3-2-11(13)6-12/h4-5,7,11-12,15H,2-3,6,8,13H2,1H3. The number of hydrogen-bond acceptors (Lipinski definition) is 3. The molecule has 1 aromatic rings. The molecule has 3 N–H and O–H groups in total. The third-order valence-corrected chi connectivity index (χ3v) is 3.20. The highest BCUT2D eigenvalue weighted by atomic mass is 14.9. The van der Waals surface area contributed by atoms with Crippen LogP contribution in [-0.4, -0.2) is 17.1 Å². The van der Waals surface area contributed by atoms with E-state index in [1.54, 1.807) is 0 Å². The van der Waals surface area contributed by atoms with Gasteiger partial charge in [0.05, 0.1) is 0 Å². The zero-order chi connectivity index (χ0) is 10.7. The fraction of sp³-hybridized carbons (Fsp3) is 0.583. The van der Waals surface area contributed by atoms with Crippen LogP contribution in [0.15, 0.2) is 18.5 Å². The molecular formula is C12H19N3. The fourth-order valence-corrected chi connectivity index (χ4v) is 2.14. The van der Waals surface area contributed by atoms with Crippen molar-refractivity contribution in [3.05, 3.63) is 29.6 Å². The zero-order valence-corrected chi connectivity index (χ0v) is 9.24. The number of pyridine rings is 1. The fourth-order valence-electron chi connectivity index (χ4n) is 2.14. The Morgan fingerprint density at radius 2 is 2.40 bits per heavy atom. The minimum absolute atomic E-state index is 0.400. The van der Waals surface area contributed by atoms with E-state index in [0.717, 1.165) is 19.4 Å². The first-order chi connectivity index (χ1) is 7.25. The van der Waals surface area contributed by atoms with Gasteiger partial charge in [0.2, 0.25) is 0 Å². The van der Waals surface area contributed by atoms with E-state index in [-0.39, 0.29) is 0 Å². The van der Waals surface area contributed by atoms with E-state index >= 15 is 0 Å². The Hall–Kier alpha value is -0.930. The highest BCUT2D eigenvalue weighted by Gasteiger charge is 2.20. The van der Waals surface area contributed by atoms with E-state index < -0.39 is 0 Å². The SMILES string of the molecule is Cc1ccncc1CNC1CCC(N)C1. The van der Waals surface area contributed by atoms with Gasteiger partial charge in [-0.05, 0) is 43.4 Å². The summed E-state index contributed by atoms with van der Waals surface area (Å²) in [6.45, 7) is 3.04. The van der Waals surface area contributed by atoms with Gasteiger partial charge in [-0.2, -0.15) is 0 Å². The van der Waals surface area contributed by atoms with Crippen LogP contribution in [0, 0.1) is 6.92 Å². The summed E-state index contributed by atoms with van der Waals surface area (Å²) in [5.74, 6) is 0. The topological polar surface area (TPSA) is 50.9 Å². The predicted octanol–water partition coefficient (Wildman–Crippen LogP) is 1.36. The molecule has 0 radical (unpaired) electrons. The maximum Gasteiger partial charge on any atom is 0.0315 e. The van der Waals surface area contributed by atoms with Crippen molar-refractivity contribution < 1.29 is 0 Å². The van der Waals surface area contributed by atoms with Gasteiger partial charge in [0, 0.05) is 31.0 Å². The smallest absolute Gasteiger partial charge is 0.0315 e. The molecule has 3 heteroatoms. The summed E-state index contributed by atoms with van der Waals surface area (Å²) < 4.78 is 0. The molecule has 1 fully saturated rings. The van der Waals surface area contributed by atoms with Gasteiger partial charge in [-0.15, -0.1) is 0 Å². The molecule has 1 aromatic heterocycles. The van der Waals surface area contributed by atoms with Crippen LogP contribution in [0.2, 0.25) is 0 Å². The van der Waals surface area contributed by atoms with Crippen molar-refractivity contribution in [2.75, 3.05) is 0 Å². The first-order valence-corrected chi connectivity index (χ1v) is 5.64. The first-order valence-electron chi connectivity index (χ1n) is 5.64. The Balaban J connectivity index is 1.86. The highest BCUT2D eigenvalue weighted by Crippen LogP contribution is 2.17. The van der Waals surface area contributed by atoms with Gasteiger partial charge in [-0.1, -0.05) is 0 Å². The largest absolute Gasteiger partial charge is 0.328 e.